The number of halogens is 2. The average Bonchev–Trinajstić information content (AvgIpc) is 2.73. The minimum atomic E-state index is -0.951. The highest BCUT2D eigenvalue weighted by atomic mass is 19.2. The van der Waals surface area contributed by atoms with Crippen molar-refractivity contribution in [1.29, 1.82) is 0 Å². The van der Waals surface area contributed by atoms with Crippen LogP contribution in [0.5, 0.6) is 0 Å². The smallest absolute Gasteiger partial charge is 0.196 e. The molecule has 3 nitrogen and oxygen atoms in total. The second-order valence-corrected chi connectivity index (χ2v) is 7.64. The molecule has 2 rings (SSSR count). The Morgan fingerprint density at radius 2 is 1.81 bits per heavy atom. The van der Waals surface area contributed by atoms with Gasteiger partial charge in [-0.15, -0.1) is 6.58 Å². The Hall–Kier alpha value is -1.20. The van der Waals surface area contributed by atoms with Crippen LogP contribution in [0.1, 0.15) is 58.8 Å². The van der Waals surface area contributed by atoms with Gasteiger partial charge in [-0.3, -0.25) is 0 Å². The van der Waals surface area contributed by atoms with Crippen molar-refractivity contribution in [2.45, 2.75) is 71.0 Å². The second kappa shape index (κ2) is 11.0. The predicted octanol–water partition coefficient (Wildman–Crippen LogP) is 6.02. The van der Waals surface area contributed by atoms with Crippen molar-refractivity contribution in [2.75, 3.05) is 20.3 Å². The molecule has 0 N–H and O–H groups in total. The fourth-order valence-electron chi connectivity index (χ4n) is 3.94. The van der Waals surface area contributed by atoms with E-state index in [1.54, 1.807) is 6.92 Å². The molecule has 1 aliphatic heterocycles. The third-order valence-corrected chi connectivity index (χ3v) is 5.98. The van der Waals surface area contributed by atoms with Gasteiger partial charge in [-0.2, -0.15) is 0 Å². The number of ether oxygens (including phenoxy) is 3. The Kier molecular flexibility index (Phi) is 8.97. The SMILES string of the molecule is C=CC1CCC(C2CCC(OC/C(CC)=C(F)/C(F)=C(\C)OC)CO2)CC1. The zero-order chi connectivity index (χ0) is 19.8. The summed E-state index contributed by atoms with van der Waals surface area (Å²) in [6, 6.07) is 0. The van der Waals surface area contributed by atoms with Gasteiger partial charge in [0.1, 0.15) is 5.76 Å². The fraction of sp³-hybridized carbons (Fsp3) is 0.727. The van der Waals surface area contributed by atoms with Gasteiger partial charge in [0.2, 0.25) is 0 Å². The topological polar surface area (TPSA) is 27.7 Å². The Morgan fingerprint density at radius 1 is 1.11 bits per heavy atom. The number of methoxy groups -OCH3 is 1. The lowest BCUT2D eigenvalue weighted by Crippen LogP contribution is -2.37. The maximum absolute atomic E-state index is 14.3. The Bertz CT molecular complexity index is 540. The van der Waals surface area contributed by atoms with Crippen molar-refractivity contribution in [3.63, 3.8) is 0 Å². The molecule has 0 amide bonds. The molecule has 27 heavy (non-hydrogen) atoms. The monoisotopic (exact) mass is 384 g/mol. The molecule has 0 radical (unpaired) electrons. The lowest BCUT2D eigenvalue weighted by molar-refractivity contribution is -0.104. The van der Waals surface area contributed by atoms with Gasteiger partial charge in [-0.1, -0.05) is 13.0 Å². The van der Waals surface area contributed by atoms with Crippen LogP contribution in [0.25, 0.3) is 0 Å². The van der Waals surface area contributed by atoms with Gasteiger partial charge in [0, 0.05) is 0 Å². The molecule has 1 aliphatic carbocycles. The second-order valence-electron chi connectivity index (χ2n) is 7.64. The van der Waals surface area contributed by atoms with Crippen molar-refractivity contribution in [3.05, 3.63) is 35.6 Å². The molecule has 1 saturated heterocycles. The lowest BCUT2D eigenvalue weighted by Gasteiger charge is -2.37. The molecule has 0 bridgehead atoms. The van der Waals surface area contributed by atoms with E-state index in [4.69, 9.17) is 14.2 Å². The maximum Gasteiger partial charge on any atom is 0.196 e. The zero-order valence-corrected chi connectivity index (χ0v) is 16.9. The first-order chi connectivity index (χ1) is 13.0. The largest absolute Gasteiger partial charge is 0.498 e. The number of rotatable bonds is 8. The molecular formula is C22H34F2O3. The molecule has 2 atom stereocenters. The average molecular weight is 385 g/mol. The van der Waals surface area contributed by atoms with E-state index >= 15 is 0 Å². The number of allylic oxidation sites excluding steroid dienone is 4. The highest BCUT2D eigenvalue weighted by Gasteiger charge is 2.31. The molecule has 1 saturated carbocycles. The minimum Gasteiger partial charge on any atom is -0.498 e. The van der Waals surface area contributed by atoms with Crippen molar-refractivity contribution >= 4 is 0 Å². The van der Waals surface area contributed by atoms with Gasteiger partial charge in [0.05, 0.1) is 32.5 Å². The van der Waals surface area contributed by atoms with E-state index in [1.165, 1.54) is 39.7 Å². The molecule has 1 heterocycles. The van der Waals surface area contributed by atoms with Crippen molar-refractivity contribution < 1.29 is 23.0 Å². The van der Waals surface area contributed by atoms with Gasteiger partial charge in [-0.25, -0.2) is 8.78 Å². The summed E-state index contributed by atoms with van der Waals surface area (Å²) in [5.41, 5.74) is 0.314. The van der Waals surface area contributed by atoms with Crippen molar-refractivity contribution in [1.82, 2.24) is 0 Å². The van der Waals surface area contributed by atoms with E-state index in [-0.39, 0.29) is 18.5 Å². The normalized spacial score (nSPS) is 31.0. The van der Waals surface area contributed by atoms with Crippen LogP contribution in [0.15, 0.2) is 35.6 Å². The number of hydrogen-bond donors (Lipinski definition) is 0. The van der Waals surface area contributed by atoms with E-state index < -0.39 is 11.7 Å². The van der Waals surface area contributed by atoms with Crippen LogP contribution in [0.4, 0.5) is 8.78 Å². The van der Waals surface area contributed by atoms with Gasteiger partial charge in [0.25, 0.3) is 0 Å². The summed E-state index contributed by atoms with van der Waals surface area (Å²) < 4.78 is 44.9. The van der Waals surface area contributed by atoms with Crippen LogP contribution in [-0.4, -0.2) is 32.5 Å². The van der Waals surface area contributed by atoms with Gasteiger partial charge in [-0.05, 0) is 69.3 Å². The summed E-state index contributed by atoms with van der Waals surface area (Å²) in [6.07, 6.45) is 9.39. The Morgan fingerprint density at radius 3 is 2.33 bits per heavy atom. The summed E-state index contributed by atoms with van der Waals surface area (Å²) in [5.74, 6) is -0.597. The summed E-state index contributed by atoms with van der Waals surface area (Å²) in [4.78, 5) is 0. The molecule has 0 aromatic rings. The first-order valence-corrected chi connectivity index (χ1v) is 10.1. The van der Waals surface area contributed by atoms with Crippen LogP contribution in [-0.2, 0) is 14.2 Å². The molecule has 0 spiro atoms. The number of hydrogen-bond acceptors (Lipinski definition) is 3. The summed E-state index contributed by atoms with van der Waals surface area (Å²) >= 11 is 0. The third kappa shape index (κ3) is 6.15. The molecule has 2 fully saturated rings. The van der Waals surface area contributed by atoms with Gasteiger partial charge in [0.15, 0.2) is 11.7 Å². The Balaban J connectivity index is 1.80. The summed E-state index contributed by atoms with van der Waals surface area (Å²) in [6.45, 7) is 7.70. The van der Waals surface area contributed by atoms with Gasteiger partial charge >= 0.3 is 0 Å². The maximum atomic E-state index is 14.3. The zero-order valence-electron chi connectivity index (χ0n) is 16.9. The molecule has 0 aromatic heterocycles. The van der Waals surface area contributed by atoms with Crippen LogP contribution < -0.4 is 0 Å². The molecule has 2 unspecified atom stereocenters. The lowest BCUT2D eigenvalue weighted by atomic mass is 9.78. The highest BCUT2D eigenvalue weighted by molar-refractivity contribution is 5.27. The van der Waals surface area contributed by atoms with Crippen LogP contribution >= 0.6 is 0 Å². The van der Waals surface area contributed by atoms with E-state index in [1.807, 2.05) is 0 Å². The molecule has 5 heteroatoms. The first-order valence-electron chi connectivity index (χ1n) is 10.1. The predicted molar refractivity (Wildman–Crippen MR) is 104 cm³/mol. The van der Waals surface area contributed by atoms with Crippen molar-refractivity contribution in [2.24, 2.45) is 11.8 Å². The summed E-state index contributed by atoms with van der Waals surface area (Å²) in [5, 5.41) is 0. The molecular weight excluding hydrogens is 350 g/mol. The van der Waals surface area contributed by atoms with E-state index in [9.17, 15) is 8.78 Å². The third-order valence-electron chi connectivity index (χ3n) is 5.98. The minimum absolute atomic E-state index is 0.0596. The van der Waals surface area contributed by atoms with Gasteiger partial charge < -0.3 is 14.2 Å². The quantitative estimate of drug-likeness (QED) is 0.291. The standard InChI is InChI=1S/C22H34F2O3/c1-5-16-7-9-18(10-8-16)20-12-11-19(14-27-20)26-13-17(6-2)22(24)21(23)15(3)25-4/h5,16,18-20H,1,6-14H2,2-4H3/b21-15-,22-17-. The van der Waals surface area contributed by atoms with Crippen molar-refractivity contribution in [3.8, 4) is 0 Å². The molecule has 154 valence electrons. The van der Waals surface area contributed by atoms with Crippen LogP contribution in [0.2, 0.25) is 0 Å². The van der Waals surface area contributed by atoms with Crippen LogP contribution in [0.3, 0.4) is 0 Å². The van der Waals surface area contributed by atoms with E-state index in [0.717, 1.165) is 12.8 Å². The van der Waals surface area contributed by atoms with E-state index in [2.05, 4.69) is 12.7 Å². The van der Waals surface area contributed by atoms with Crippen LogP contribution in [0, 0.1) is 11.8 Å². The highest BCUT2D eigenvalue weighted by Crippen LogP contribution is 2.35. The molecule has 2 aliphatic rings. The fourth-order valence-corrected chi connectivity index (χ4v) is 3.94. The van der Waals surface area contributed by atoms with E-state index in [0.29, 0.717) is 36.5 Å². The Labute approximate surface area is 162 Å². The summed E-state index contributed by atoms with van der Waals surface area (Å²) in [7, 11) is 1.32. The molecule has 0 aromatic carbocycles. The first kappa shape index (κ1) is 22.1.